The molecule has 0 aliphatic carbocycles. The second-order valence-corrected chi connectivity index (χ2v) is 7.87. The molecule has 9 heteroatoms. The first-order valence-corrected chi connectivity index (χ1v) is 10.6. The van der Waals surface area contributed by atoms with Gasteiger partial charge in [0, 0.05) is 28.1 Å². The fraction of sp³-hybridized carbons (Fsp3) is 0.0476. The van der Waals surface area contributed by atoms with Crippen LogP contribution in [0.2, 0.25) is 0 Å². The maximum atomic E-state index is 12.2. The van der Waals surface area contributed by atoms with Gasteiger partial charge in [-0.3, -0.25) is 9.78 Å². The van der Waals surface area contributed by atoms with Crippen LogP contribution >= 0.6 is 27.7 Å². The number of nitrogens with one attached hydrogen (secondary N) is 1. The van der Waals surface area contributed by atoms with E-state index in [1.54, 1.807) is 48.8 Å². The zero-order valence-corrected chi connectivity index (χ0v) is 17.9. The Kier molecular flexibility index (Phi) is 6.41. The smallest absolute Gasteiger partial charge is 0.277 e. The van der Waals surface area contributed by atoms with Crippen LogP contribution in [0.4, 0.5) is 5.69 Å². The van der Waals surface area contributed by atoms with E-state index in [1.807, 2.05) is 24.3 Å². The Bertz CT molecular complexity index is 1120. The fourth-order valence-corrected chi connectivity index (χ4v) is 3.28. The molecule has 2 heterocycles. The second kappa shape index (κ2) is 9.55. The minimum absolute atomic E-state index is 0.148. The molecule has 0 aliphatic heterocycles. The van der Waals surface area contributed by atoms with Crippen molar-refractivity contribution in [2.75, 3.05) is 11.1 Å². The van der Waals surface area contributed by atoms with E-state index < -0.39 is 0 Å². The Morgan fingerprint density at radius 3 is 2.33 bits per heavy atom. The van der Waals surface area contributed by atoms with Gasteiger partial charge < -0.3 is 14.5 Å². The molecular weight excluding hydrogens is 468 g/mol. The Hall–Kier alpha value is -3.17. The molecule has 2 aromatic heterocycles. The highest BCUT2D eigenvalue weighted by Gasteiger charge is 2.11. The van der Waals surface area contributed by atoms with Crippen LogP contribution in [-0.2, 0) is 4.79 Å². The molecule has 2 aromatic carbocycles. The topological polar surface area (TPSA) is 90.1 Å². The van der Waals surface area contributed by atoms with Crippen molar-refractivity contribution in [2.24, 2.45) is 0 Å². The number of aromatic nitrogens is 3. The summed E-state index contributed by atoms with van der Waals surface area (Å²) >= 11 is 4.56. The van der Waals surface area contributed by atoms with Crippen molar-refractivity contribution in [2.45, 2.75) is 5.22 Å². The molecule has 0 saturated carbocycles. The SMILES string of the molecule is O=C(CSc1nnc(-c2ccncc2)o1)Nc1ccc(Oc2ccc(Br)cc2)cc1. The number of carbonyl (C=O) groups excluding carboxylic acids is 1. The van der Waals surface area contributed by atoms with E-state index >= 15 is 0 Å². The zero-order chi connectivity index (χ0) is 20.8. The lowest BCUT2D eigenvalue weighted by molar-refractivity contribution is -0.113. The molecule has 1 N–H and O–H groups in total. The van der Waals surface area contributed by atoms with Crippen molar-refractivity contribution in [1.82, 2.24) is 15.2 Å². The molecule has 0 radical (unpaired) electrons. The number of ether oxygens (including phenoxy) is 1. The number of hydrogen-bond acceptors (Lipinski definition) is 7. The number of benzene rings is 2. The molecule has 150 valence electrons. The van der Waals surface area contributed by atoms with E-state index in [9.17, 15) is 4.79 Å². The average molecular weight is 483 g/mol. The molecule has 0 spiro atoms. The predicted molar refractivity (Wildman–Crippen MR) is 118 cm³/mol. The molecule has 0 atom stereocenters. The van der Waals surface area contributed by atoms with Crippen LogP contribution in [0, 0.1) is 0 Å². The van der Waals surface area contributed by atoms with Gasteiger partial charge in [0.25, 0.3) is 5.22 Å². The van der Waals surface area contributed by atoms with Crippen molar-refractivity contribution in [3.63, 3.8) is 0 Å². The molecule has 1 amide bonds. The summed E-state index contributed by atoms with van der Waals surface area (Å²) in [6.45, 7) is 0. The summed E-state index contributed by atoms with van der Waals surface area (Å²) in [4.78, 5) is 16.2. The molecule has 0 fully saturated rings. The van der Waals surface area contributed by atoms with Crippen molar-refractivity contribution >= 4 is 39.3 Å². The Morgan fingerprint density at radius 1 is 0.967 bits per heavy atom. The van der Waals surface area contributed by atoms with Crippen molar-refractivity contribution in [3.05, 3.63) is 77.5 Å². The Labute approximate surface area is 185 Å². The van der Waals surface area contributed by atoms with E-state index in [2.05, 4.69) is 36.4 Å². The van der Waals surface area contributed by atoms with Gasteiger partial charge in [0.2, 0.25) is 11.8 Å². The molecule has 0 bridgehead atoms. The minimum atomic E-state index is -0.176. The third-order valence-corrected chi connectivity index (χ3v) is 5.20. The van der Waals surface area contributed by atoms with Crippen LogP contribution in [0.25, 0.3) is 11.5 Å². The highest BCUT2D eigenvalue weighted by atomic mass is 79.9. The number of pyridine rings is 1. The summed E-state index contributed by atoms with van der Waals surface area (Å²) in [5.41, 5.74) is 1.45. The van der Waals surface area contributed by atoms with Gasteiger partial charge in [-0.1, -0.05) is 27.7 Å². The van der Waals surface area contributed by atoms with Gasteiger partial charge in [0.15, 0.2) is 0 Å². The summed E-state index contributed by atoms with van der Waals surface area (Å²) in [5.74, 6) is 1.78. The van der Waals surface area contributed by atoms with Crippen LogP contribution in [-0.4, -0.2) is 26.8 Å². The highest BCUT2D eigenvalue weighted by molar-refractivity contribution is 9.10. The van der Waals surface area contributed by atoms with Crippen LogP contribution in [0.1, 0.15) is 0 Å². The monoisotopic (exact) mass is 482 g/mol. The van der Waals surface area contributed by atoms with Gasteiger partial charge in [0.1, 0.15) is 11.5 Å². The van der Waals surface area contributed by atoms with Crippen LogP contribution in [0.3, 0.4) is 0 Å². The number of hydrogen-bond donors (Lipinski definition) is 1. The maximum absolute atomic E-state index is 12.2. The number of nitrogens with zero attached hydrogens (tertiary/aromatic N) is 3. The van der Waals surface area contributed by atoms with Crippen LogP contribution in [0.5, 0.6) is 11.5 Å². The van der Waals surface area contributed by atoms with E-state index in [0.29, 0.717) is 22.6 Å². The Balaban J connectivity index is 1.28. The highest BCUT2D eigenvalue weighted by Crippen LogP contribution is 2.25. The lowest BCUT2D eigenvalue weighted by atomic mass is 10.3. The predicted octanol–water partition coefficient (Wildman–Crippen LogP) is 5.42. The summed E-state index contributed by atoms with van der Waals surface area (Å²) in [7, 11) is 0. The molecule has 0 aliphatic rings. The van der Waals surface area contributed by atoms with Crippen molar-refractivity contribution in [3.8, 4) is 23.0 Å². The van der Waals surface area contributed by atoms with Gasteiger partial charge in [-0.25, -0.2) is 0 Å². The van der Waals surface area contributed by atoms with Gasteiger partial charge in [-0.15, -0.1) is 10.2 Å². The molecule has 4 rings (SSSR count). The molecular formula is C21H15BrN4O3S. The third-order valence-electron chi connectivity index (χ3n) is 3.85. The summed E-state index contributed by atoms with van der Waals surface area (Å²) in [6.07, 6.45) is 3.30. The molecule has 30 heavy (non-hydrogen) atoms. The number of carbonyl (C=O) groups is 1. The lowest BCUT2D eigenvalue weighted by Crippen LogP contribution is -2.13. The minimum Gasteiger partial charge on any atom is -0.457 e. The number of thioether (sulfide) groups is 1. The normalized spacial score (nSPS) is 10.6. The fourth-order valence-electron chi connectivity index (χ4n) is 2.45. The maximum Gasteiger partial charge on any atom is 0.277 e. The standard InChI is InChI=1S/C21H15BrN4O3S/c22-15-1-5-17(6-2-15)28-18-7-3-16(4-8-18)24-19(27)13-30-21-26-25-20(29-21)14-9-11-23-12-10-14/h1-12H,13H2,(H,24,27). The van der Waals surface area contributed by atoms with Gasteiger partial charge >= 0.3 is 0 Å². The van der Waals surface area contributed by atoms with Gasteiger partial charge in [0.05, 0.1) is 5.75 Å². The van der Waals surface area contributed by atoms with Crippen molar-refractivity contribution in [1.29, 1.82) is 0 Å². The molecule has 7 nitrogen and oxygen atoms in total. The molecule has 4 aromatic rings. The van der Waals surface area contributed by atoms with E-state index in [-0.39, 0.29) is 11.7 Å². The van der Waals surface area contributed by atoms with Gasteiger partial charge in [-0.05, 0) is 60.7 Å². The van der Waals surface area contributed by atoms with Crippen LogP contribution in [0.15, 0.2) is 87.2 Å². The summed E-state index contributed by atoms with van der Waals surface area (Å²) < 4.78 is 12.3. The Morgan fingerprint density at radius 2 is 1.63 bits per heavy atom. The van der Waals surface area contributed by atoms with E-state index in [1.165, 1.54) is 11.8 Å². The van der Waals surface area contributed by atoms with E-state index in [4.69, 9.17) is 9.15 Å². The molecule has 0 saturated heterocycles. The average Bonchev–Trinajstić information content (AvgIpc) is 3.25. The third kappa shape index (κ3) is 5.46. The van der Waals surface area contributed by atoms with Gasteiger partial charge in [-0.2, -0.15) is 0 Å². The first-order chi connectivity index (χ1) is 14.7. The number of anilines is 1. The number of rotatable bonds is 7. The zero-order valence-electron chi connectivity index (χ0n) is 15.5. The molecule has 0 unspecified atom stereocenters. The quantitative estimate of drug-likeness (QED) is 0.351. The van der Waals surface area contributed by atoms with E-state index in [0.717, 1.165) is 15.8 Å². The lowest BCUT2D eigenvalue weighted by Gasteiger charge is -2.08. The summed E-state index contributed by atoms with van der Waals surface area (Å²) in [6, 6.07) is 18.3. The number of amides is 1. The number of halogens is 1. The largest absolute Gasteiger partial charge is 0.457 e. The first kappa shape index (κ1) is 20.1. The van der Waals surface area contributed by atoms with Crippen molar-refractivity contribution < 1.29 is 13.9 Å². The summed E-state index contributed by atoms with van der Waals surface area (Å²) in [5, 5.41) is 11.1. The van der Waals surface area contributed by atoms with Crippen LogP contribution < -0.4 is 10.1 Å². The first-order valence-electron chi connectivity index (χ1n) is 8.86. The second-order valence-electron chi connectivity index (χ2n) is 6.03.